The largest absolute Gasteiger partial charge is 0.457 e. The first kappa shape index (κ1) is 23.3. The van der Waals surface area contributed by atoms with E-state index in [1.165, 1.54) is 11.1 Å². The average Bonchev–Trinajstić information content (AvgIpc) is 3.22. The van der Waals surface area contributed by atoms with Crippen LogP contribution in [0.4, 0.5) is 5.69 Å². The summed E-state index contributed by atoms with van der Waals surface area (Å²) in [6.07, 6.45) is 3.21. The quantitative estimate of drug-likeness (QED) is 0.387. The number of benzene rings is 3. The van der Waals surface area contributed by atoms with Crippen LogP contribution >= 0.6 is 12.2 Å². The van der Waals surface area contributed by atoms with Crippen LogP contribution in [0.3, 0.4) is 0 Å². The van der Waals surface area contributed by atoms with E-state index < -0.39 is 0 Å². The van der Waals surface area contributed by atoms with Gasteiger partial charge in [-0.15, -0.1) is 0 Å². The smallest absolute Gasteiger partial charge is 0.168 e. The molecule has 2 aliphatic rings. The van der Waals surface area contributed by atoms with Crippen LogP contribution in [-0.2, 0) is 17.6 Å². The van der Waals surface area contributed by atoms with E-state index in [2.05, 4.69) is 48.7 Å². The minimum Gasteiger partial charge on any atom is -0.457 e. The molecule has 0 amide bonds. The highest BCUT2D eigenvalue weighted by molar-refractivity contribution is 7.81. The third-order valence-electron chi connectivity index (χ3n) is 6.62. The molecule has 0 unspecified atom stereocenters. The molecule has 0 atom stereocenters. The van der Waals surface area contributed by atoms with E-state index in [0.29, 0.717) is 17.0 Å². The van der Waals surface area contributed by atoms with Gasteiger partial charge in [-0.3, -0.25) is 4.79 Å². The van der Waals surface area contributed by atoms with Crippen LogP contribution in [0.2, 0.25) is 0 Å². The number of rotatable bonds is 6. The maximum absolute atomic E-state index is 13.3. The van der Waals surface area contributed by atoms with Crippen molar-refractivity contribution in [3.05, 3.63) is 101 Å². The van der Waals surface area contributed by atoms with Crippen molar-refractivity contribution in [2.24, 2.45) is 5.41 Å². The van der Waals surface area contributed by atoms with Crippen LogP contribution in [0.1, 0.15) is 37.8 Å². The number of carbonyl (C=O) groups is 1. The Bertz CT molecular complexity index is 1250. The summed E-state index contributed by atoms with van der Waals surface area (Å²) >= 11 is 5.77. The number of Topliss-reactive ketones (excluding diaryl/α,β-unsaturated/α-hetero) is 1. The Morgan fingerprint density at radius 1 is 0.857 bits per heavy atom. The van der Waals surface area contributed by atoms with Crippen molar-refractivity contribution in [1.82, 2.24) is 5.32 Å². The van der Waals surface area contributed by atoms with E-state index in [0.717, 1.165) is 42.1 Å². The third kappa shape index (κ3) is 5.46. The molecule has 2 N–H and O–H groups in total. The number of carbonyl (C=O) groups excluding carboxylic acids is 1. The number of hydrogen-bond donors (Lipinski definition) is 2. The summed E-state index contributed by atoms with van der Waals surface area (Å²) in [4.78, 5) is 13.7. The maximum atomic E-state index is 13.3. The predicted octanol–water partition coefficient (Wildman–Crippen LogP) is 6.62. The fraction of sp³-hybridized carbons (Fsp3) is 0.267. The number of fused-ring (bicyclic) bond motifs is 1. The molecule has 0 aromatic heterocycles. The second-order valence-corrected chi connectivity index (χ2v) is 10.6. The monoisotopic (exact) mass is 482 g/mol. The number of thiocarbonyl (C=S) groups is 1. The van der Waals surface area contributed by atoms with Gasteiger partial charge in [-0.1, -0.05) is 68.5 Å². The fourth-order valence-electron chi connectivity index (χ4n) is 5.04. The fourth-order valence-corrected chi connectivity index (χ4v) is 5.39. The van der Waals surface area contributed by atoms with E-state index in [-0.39, 0.29) is 17.2 Å². The lowest BCUT2D eigenvalue weighted by atomic mass is 9.75. The summed E-state index contributed by atoms with van der Waals surface area (Å²) in [5.41, 5.74) is 5.08. The van der Waals surface area contributed by atoms with Crippen molar-refractivity contribution in [3.8, 4) is 11.5 Å². The van der Waals surface area contributed by atoms with E-state index in [4.69, 9.17) is 17.0 Å². The molecular formula is C30H30N2O2S. The molecule has 0 aliphatic heterocycles. The molecule has 0 bridgehead atoms. The molecule has 5 rings (SSSR count). The Kier molecular flexibility index (Phi) is 6.44. The number of nitrogens with one attached hydrogen (secondary N) is 2. The van der Waals surface area contributed by atoms with Crippen molar-refractivity contribution in [2.75, 3.05) is 5.32 Å². The summed E-state index contributed by atoms with van der Waals surface area (Å²) in [5.74, 6) is 1.63. The first-order chi connectivity index (χ1) is 16.9. The molecule has 0 spiro atoms. The van der Waals surface area contributed by atoms with Gasteiger partial charge in [-0.05, 0) is 72.2 Å². The molecule has 3 aromatic rings. The molecule has 0 saturated carbocycles. The van der Waals surface area contributed by atoms with E-state index in [1.807, 2.05) is 54.6 Å². The van der Waals surface area contributed by atoms with Crippen molar-refractivity contribution < 1.29 is 9.53 Å². The first-order valence-electron chi connectivity index (χ1n) is 12.1. The van der Waals surface area contributed by atoms with Crippen molar-refractivity contribution in [3.63, 3.8) is 0 Å². The van der Waals surface area contributed by atoms with Crippen LogP contribution < -0.4 is 15.4 Å². The molecule has 4 nitrogen and oxygen atoms in total. The molecule has 0 radical (unpaired) electrons. The molecule has 178 valence electrons. The van der Waals surface area contributed by atoms with Crippen LogP contribution in [0, 0.1) is 5.41 Å². The van der Waals surface area contributed by atoms with Gasteiger partial charge >= 0.3 is 0 Å². The minimum atomic E-state index is -0.0968. The van der Waals surface area contributed by atoms with Crippen LogP contribution in [0.5, 0.6) is 11.5 Å². The van der Waals surface area contributed by atoms with Crippen LogP contribution in [0.25, 0.3) is 0 Å². The average molecular weight is 483 g/mol. The Balaban J connectivity index is 1.33. The molecule has 0 fully saturated rings. The number of para-hydroxylation sites is 1. The number of hydrogen-bond acceptors (Lipinski definition) is 4. The minimum absolute atomic E-state index is 0.0968. The summed E-state index contributed by atoms with van der Waals surface area (Å²) in [7, 11) is 0. The summed E-state index contributed by atoms with van der Waals surface area (Å²) in [6.45, 7) is 4.30. The Morgan fingerprint density at radius 2 is 1.46 bits per heavy atom. The lowest BCUT2D eigenvalue weighted by Crippen LogP contribution is -2.39. The predicted molar refractivity (Wildman–Crippen MR) is 145 cm³/mol. The second kappa shape index (κ2) is 9.67. The zero-order valence-corrected chi connectivity index (χ0v) is 21.0. The van der Waals surface area contributed by atoms with Gasteiger partial charge in [0.05, 0.1) is 5.57 Å². The van der Waals surface area contributed by atoms with Crippen molar-refractivity contribution in [2.45, 2.75) is 45.6 Å². The van der Waals surface area contributed by atoms with Gasteiger partial charge in [0.1, 0.15) is 16.5 Å². The Morgan fingerprint density at radius 3 is 2.11 bits per heavy atom. The lowest BCUT2D eigenvalue weighted by Gasteiger charge is -2.34. The molecule has 35 heavy (non-hydrogen) atoms. The zero-order valence-electron chi connectivity index (χ0n) is 20.1. The van der Waals surface area contributed by atoms with Gasteiger partial charge in [0.15, 0.2) is 5.78 Å². The number of anilines is 1. The highest BCUT2D eigenvalue weighted by atomic mass is 32.1. The Labute approximate surface area is 212 Å². The molecule has 2 aliphatic carbocycles. The van der Waals surface area contributed by atoms with Gasteiger partial charge in [-0.2, -0.15) is 0 Å². The number of allylic oxidation sites excluding steroid dienone is 1. The molecule has 0 saturated heterocycles. The summed E-state index contributed by atoms with van der Waals surface area (Å²) < 4.78 is 5.88. The number of ether oxygens (including phenoxy) is 1. The summed E-state index contributed by atoms with van der Waals surface area (Å²) in [6, 6.07) is 26.1. The molecule has 5 heteroatoms. The highest BCUT2D eigenvalue weighted by Gasteiger charge is 2.36. The molecular weight excluding hydrogens is 452 g/mol. The van der Waals surface area contributed by atoms with Gasteiger partial charge < -0.3 is 15.4 Å². The van der Waals surface area contributed by atoms with Crippen LogP contribution in [0.15, 0.2) is 90.1 Å². The topological polar surface area (TPSA) is 50.4 Å². The SMILES string of the molecule is CC1(C)CC(=O)C(C(=S)Nc2ccc(Oc3ccccc3)cc2)=C(NC2Cc3ccccc3C2)C1. The first-order valence-corrected chi connectivity index (χ1v) is 12.5. The zero-order chi connectivity index (χ0) is 24.4. The van der Waals surface area contributed by atoms with Crippen molar-refractivity contribution in [1.29, 1.82) is 0 Å². The van der Waals surface area contributed by atoms with Crippen molar-refractivity contribution >= 4 is 28.7 Å². The normalized spacial score (nSPS) is 17.1. The van der Waals surface area contributed by atoms with E-state index in [9.17, 15) is 4.79 Å². The van der Waals surface area contributed by atoms with Gasteiger partial charge in [0.25, 0.3) is 0 Å². The van der Waals surface area contributed by atoms with Gasteiger partial charge in [-0.25, -0.2) is 0 Å². The highest BCUT2D eigenvalue weighted by Crippen LogP contribution is 2.37. The van der Waals surface area contributed by atoms with Crippen LogP contribution in [-0.4, -0.2) is 16.8 Å². The second-order valence-electron chi connectivity index (χ2n) is 10.2. The molecule has 0 heterocycles. The van der Waals surface area contributed by atoms with E-state index >= 15 is 0 Å². The van der Waals surface area contributed by atoms with E-state index in [1.54, 1.807) is 0 Å². The summed E-state index contributed by atoms with van der Waals surface area (Å²) in [5, 5.41) is 7.00. The standard InChI is InChI=1S/C30H30N2O2S/c1-30(2)18-26(31-23-16-20-8-6-7-9-21(20)17-23)28(27(33)19-30)29(35)32-22-12-14-25(15-13-22)34-24-10-4-3-5-11-24/h3-15,23,31H,16-19H2,1-2H3,(H,32,35). The molecule has 3 aromatic carbocycles. The van der Waals surface area contributed by atoms with Gasteiger partial charge in [0, 0.05) is 23.8 Å². The van der Waals surface area contributed by atoms with Gasteiger partial charge in [0.2, 0.25) is 0 Å². The lowest BCUT2D eigenvalue weighted by molar-refractivity contribution is -0.117. The number of ketones is 1. The third-order valence-corrected chi connectivity index (χ3v) is 6.93. The Hall–Kier alpha value is -3.44. The maximum Gasteiger partial charge on any atom is 0.168 e.